The summed E-state index contributed by atoms with van der Waals surface area (Å²) in [5.41, 5.74) is 0.0968. The Balaban J connectivity index is 1.51. The number of allylic oxidation sites excluding steroid dienone is 1. The highest BCUT2D eigenvalue weighted by atomic mass is 16.6. The van der Waals surface area contributed by atoms with Gasteiger partial charge in [-0.3, -0.25) is 19.2 Å². The molecule has 3 saturated heterocycles. The Bertz CT molecular complexity index is 1520. The molecule has 2 N–H and O–H groups in total. The first-order chi connectivity index (χ1) is 24.2. The van der Waals surface area contributed by atoms with Crippen molar-refractivity contribution in [3.05, 3.63) is 97.1 Å². The van der Waals surface area contributed by atoms with Crippen LogP contribution in [-0.2, 0) is 28.7 Å². The zero-order valence-electron chi connectivity index (χ0n) is 29.2. The summed E-state index contributed by atoms with van der Waals surface area (Å²) in [6.45, 7) is 11.8. The number of amides is 3. The Kier molecular flexibility index (Phi) is 12.3. The van der Waals surface area contributed by atoms with E-state index in [1.807, 2.05) is 60.7 Å². The van der Waals surface area contributed by atoms with Crippen molar-refractivity contribution in [1.29, 1.82) is 0 Å². The lowest BCUT2D eigenvalue weighted by Crippen LogP contribution is -2.57. The maximum Gasteiger partial charge on any atom is 0.313 e. The van der Waals surface area contributed by atoms with Crippen LogP contribution < -0.4 is 5.32 Å². The summed E-state index contributed by atoms with van der Waals surface area (Å²) in [7, 11) is 0. The number of carbonyl (C=O) groups excluding carboxylic acids is 4. The smallest absolute Gasteiger partial charge is 0.313 e. The van der Waals surface area contributed by atoms with Crippen LogP contribution in [0.2, 0.25) is 0 Å². The number of rotatable bonds is 18. The first kappa shape index (κ1) is 37.0. The van der Waals surface area contributed by atoms with E-state index in [1.165, 1.54) is 4.90 Å². The molecule has 3 fully saturated rings. The Morgan fingerprint density at radius 3 is 2.38 bits per heavy atom. The van der Waals surface area contributed by atoms with Gasteiger partial charge >= 0.3 is 5.97 Å². The lowest BCUT2D eigenvalue weighted by molar-refractivity contribution is -0.162. The zero-order chi connectivity index (χ0) is 35.8. The van der Waals surface area contributed by atoms with Gasteiger partial charge in [0.2, 0.25) is 17.7 Å². The molecule has 2 bridgehead atoms. The molecule has 0 aliphatic carbocycles. The van der Waals surface area contributed by atoms with Gasteiger partial charge in [0.05, 0.1) is 36.6 Å². The highest BCUT2D eigenvalue weighted by Crippen LogP contribution is 2.60. The molecule has 3 aliphatic heterocycles. The van der Waals surface area contributed by atoms with E-state index in [0.29, 0.717) is 43.5 Å². The van der Waals surface area contributed by atoms with Crippen molar-refractivity contribution in [3.63, 3.8) is 0 Å². The fraction of sp³-hybridized carbons (Fsp3) is 0.500. The summed E-state index contributed by atoms with van der Waals surface area (Å²) in [4.78, 5) is 59.8. The number of ether oxygens (including phenoxy) is 2. The number of hydrogen-bond acceptors (Lipinski definition) is 7. The summed E-state index contributed by atoms with van der Waals surface area (Å²) >= 11 is 0. The topological polar surface area (TPSA) is 125 Å². The molecule has 2 aromatic rings. The van der Waals surface area contributed by atoms with Crippen LogP contribution in [0, 0.1) is 11.8 Å². The summed E-state index contributed by atoms with van der Waals surface area (Å²) in [6.07, 6.45) is 6.23. The van der Waals surface area contributed by atoms with Gasteiger partial charge in [-0.05, 0) is 43.7 Å². The second kappa shape index (κ2) is 16.6. The maximum atomic E-state index is 14.8. The predicted molar refractivity (Wildman–Crippen MR) is 189 cm³/mol. The molecule has 50 heavy (non-hydrogen) atoms. The lowest BCUT2D eigenvalue weighted by Gasteiger charge is -2.39. The minimum atomic E-state index is -1.28. The van der Waals surface area contributed by atoms with Crippen molar-refractivity contribution < 1.29 is 33.8 Å². The van der Waals surface area contributed by atoms with Crippen LogP contribution in [0.15, 0.2) is 86.0 Å². The largest absolute Gasteiger partial charge is 0.455 e. The van der Waals surface area contributed by atoms with E-state index >= 15 is 0 Å². The normalized spacial score (nSPS) is 25.3. The van der Waals surface area contributed by atoms with E-state index in [1.54, 1.807) is 24.0 Å². The van der Waals surface area contributed by atoms with E-state index in [2.05, 4.69) is 25.4 Å². The lowest BCUT2D eigenvalue weighted by atomic mass is 9.70. The molecule has 3 aliphatic rings. The molecule has 0 radical (unpaired) electrons. The van der Waals surface area contributed by atoms with Crippen LogP contribution in [0.4, 0.5) is 0 Å². The molecule has 0 unspecified atom stereocenters. The first-order valence-corrected chi connectivity index (χ1v) is 17.9. The standard InChI is InChI=1S/C40H51N3O7/c1-5-8-16-25-42(24-7-3)38(47)36-40-23-22-31(50-40)33(34(40)37(46)43(36)30(26-44)28-17-12-10-13-18-28)39(48)49-35(29-19-14-11-15-20-29)27(4)41-32(45)21-9-6-2/h6-7,10-15,17-20,27,30-31,33-36,44H,2-3,5,8-9,16,21-26H2,1,4H3,(H,41,45)/t27-,30-,31+,33-,34-,35-,36+,40-/m1/s1. The Labute approximate surface area is 295 Å². The molecule has 2 aromatic carbocycles. The van der Waals surface area contributed by atoms with Crippen LogP contribution in [0.5, 0.6) is 0 Å². The molecular formula is C40H51N3O7. The van der Waals surface area contributed by atoms with Gasteiger partial charge in [-0.2, -0.15) is 0 Å². The number of benzene rings is 2. The molecule has 3 heterocycles. The minimum Gasteiger partial charge on any atom is -0.455 e. The second-order valence-corrected chi connectivity index (χ2v) is 13.6. The number of hydrogen-bond donors (Lipinski definition) is 2. The summed E-state index contributed by atoms with van der Waals surface area (Å²) in [5, 5.41) is 13.8. The first-order valence-electron chi connectivity index (χ1n) is 17.9. The van der Waals surface area contributed by atoms with Crippen LogP contribution in [0.25, 0.3) is 0 Å². The molecule has 0 saturated carbocycles. The fourth-order valence-electron chi connectivity index (χ4n) is 8.12. The van der Waals surface area contributed by atoms with Gasteiger partial charge in [-0.1, -0.05) is 92.6 Å². The number of carbonyl (C=O) groups is 4. The monoisotopic (exact) mass is 685 g/mol. The van der Waals surface area contributed by atoms with E-state index in [9.17, 15) is 24.3 Å². The summed E-state index contributed by atoms with van der Waals surface area (Å²) < 4.78 is 13.0. The second-order valence-electron chi connectivity index (χ2n) is 13.6. The van der Waals surface area contributed by atoms with Gasteiger partial charge in [0, 0.05) is 19.5 Å². The molecule has 10 nitrogen and oxygen atoms in total. The van der Waals surface area contributed by atoms with Crippen LogP contribution in [0.1, 0.15) is 82.1 Å². The molecular weight excluding hydrogens is 634 g/mol. The number of nitrogens with zero attached hydrogens (tertiary/aromatic N) is 2. The van der Waals surface area contributed by atoms with E-state index < -0.39 is 66.3 Å². The van der Waals surface area contributed by atoms with Gasteiger partial charge in [0.15, 0.2) is 0 Å². The van der Waals surface area contributed by atoms with Crippen LogP contribution >= 0.6 is 0 Å². The minimum absolute atomic E-state index is 0.196. The van der Waals surface area contributed by atoms with E-state index in [-0.39, 0.29) is 18.2 Å². The van der Waals surface area contributed by atoms with E-state index in [4.69, 9.17) is 9.47 Å². The number of fused-ring (bicyclic) bond motifs is 1. The van der Waals surface area contributed by atoms with Gasteiger partial charge in [0.25, 0.3) is 0 Å². The average Bonchev–Trinajstić information content (AvgIpc) is 3.77. The number of aliphatic hydroxyl groups is 1. The van der Waals surface area contributed by atoms with Gasteiger partial charge in [-0.25, -0.2) is 0 Å². The Hall–Kier alpha value is -4.28. The Morgan fingerprint density at radius 2 is 1.76 bits per heavy atom. The molecule has 10 heteroatoms. The van der Waals surface area contributed by atoms with Crippen LogP contribution in [0.3, 0.4) is 0 Å². The van der Waals surface area contributed by atoms with Gasteiger partial charge in [-0.15, -0.1) is 13.2 Å². The van der Waals surface area contributed by atoms with Crippen molar-refractivity contribution in [3.8, 4) is 0 Å². The quantitative estimate of drug-likeness (QED) is 0.128. The molecule has 5 rings (SSSR count). The zero-order valence-corrected chi connectivity index (χ0v) is 29.2. The van der Waals surface area contributed by atoms with Crippen molar-refractivity contribution in [1.82, 2.24) is 15.1 Å². The van der Waals surface area contributed by atoms with Gasteiger partial charge < -0.3 is 29.7 Å². The molecule has 3 amide bonds. The van der Waals surface area contributed by atoms with Crippen molar-refractivity contribution in [2.45, 2.75) is 94.7 Å². The highest BCUT2D eigenvalue weighted by Gasteiger charge is 2.75. The highest BCUT2D eigenvalue weighted by molar-refractivity contribution is 5.98. The number of aliphatic hydroxyl groups excluding tert-OH is 1. The number of unbranched alkanes of at least 4 members (excludes halogenated alkanes) is 2. The molecule has 8 atom stereocenters. The summed E-state index contributed by atoms with van der Waals surface area (Å²) in [5.74, 6) is -3.47. The number of nitrogens with one attached hydrogen (secondary N) is 1. The third kappa shape index (κ3) is 7.28. The molecule has 268 valence electrons. The SMILES string of the molecule is C=CCCC(=O)N[C@H](C)[C@@H](OC(=O)[C@@H]1[C@@H]2CC[C@]3(O2)[C@H](C(=O)N(CC=C)CCCCC)N([C@H](CO)c2ccccc2)C(=O)[C@@H]13)c1ccccc1. The number of likely N-dealkylation sites (tertiary alicyclic amines) is 1. The summed E-state index contributed by atoms with van der Waals surface area (Å²) in [6, 6.07) is 15.9. The Morgan fingerprint density at radius 1 is 1.08 bits per heavy atom. The van der Waals surface area contributed by atoms with Crippen molar-refractivity contribution in [2.75, 3.05) is 19.7 Å². The third-order valence-electron chi connectivity index (χ3n) is 10.4. The maximum absolute atomic E-state index is 14.8. The number of esters is 1. The predicted octanol–water partition coefficient (Wildman–Crippen LogP) is 5.05. The van der Waals surface area contributed by atoms with Crippen molar-refractivity contribution >= 4 is 23.7 Å². The van der Waals surface area contributed by atoms with E-state index in [0.717, 1.165) is 19.3 Å². The van der Waals surface area contributed by atoms with Crippen molar-refractivity contribution in [2.24, 2.45) is 11.8 Å². The van der Waals surface area contributed by atoms with Gasteiger partial charge in [0.1, 0.15) is 17.7 Å². The fourth-order valence-corrected chi connectivity index (χ4v) is 8.12. The van der Waals surface area contributed by atoms with Crippen LogP contribution in [-0.4, -0.2) is 82.1 Å². The molecule has 1 spiro atoms. The average molecular weight is 686 g/mol. The third-order valence-corrected chi connectivity index (χ3v) is 10.4. The molecule has 0 aromatic heterocycles.